The minimum Gasteiger partial charge on any atom is -0.155 e. The maximum Gasteiger partial charge on any atom is 0.213 e. The highest BCUT2D eigenvalue weighted by molar-refractivity contribution is 7.42. The van der Waals surface area contributed by atoms with Crippen LogP contribution in [0.5, 0.6) is 0 Å². The van der Waals surface area contributed by atoms with Crippen LogP contribution in [0.4, 0.5) is 0 Å². The topological polar surface area (TPSA) is 0 Å². The van der Waals surface area contributed by atoms with E-state index in [9.17, 15) is 0 Å². The molecule has 1 atom stereocenters. The Kier molecular flexibility index (Phi) is 2.10. The Bertz CT molecular complexity index is 651. The summed E-state index contributed by atoms with van der Waals surface area (Å²) in [6.07, 6.45) is 8.85. The molecular weight excluding hydrogens is 256 g/mol. The molecule has 2 heteroatoms. The quantitative estimate of drug-likeness (QED) is 0.543. The van der Waals surface area contributed by atoms with Gasteiger partial charge in [0.15, 0.2) is 0 Å². The van der Waals surface area contributed by atoms with E-state index in [1.807, 2.05) is 0 Å². The standard InChI is InChI=1S/C16H15ClSi/c1-2-18(17)14-10-12-8-5-9-13(15(12)16(14)18)11-6-3-4-7-11/h3-6,8-9H,2,7,10H2,1H3. The minimum absolute atomic E-state index is 1.07. The van der Waals surface area contributed by atoms with Crippen molar-refractivity contribution in [1.29, 1.82) is 0 Å². The zero-order valence-electron chi connectivity index (χ0n) is 10.5. The largest absolute Gasteiger partial charge is 0.213 e. The van der Waals surface area contributed by atoms with Gasteiger partial charge in [0.2, 0.25) is 7.38 Å². The Morgan fingerprint density at radius 3 is 2.94 bits per heavy atom. The molecule has 1 aromatic carbocycles. The first-order chi connectivity index (χ1) is 8.75. The van der Waals surface area contributed by atoms with E-state index in [4.69, 9.17) is 11.1 Å². The summed E-state index contributed by atoms with van der Waals surface area (Å²) in [5, 5.41) is 3.19. The average molecular weight is 271 g/mol. The van der Waals surface area contributed by atoms with Crippen molar-refractivity contribution in [3.63, 3.8) is 0 Å². The van der Waals surface area contributed by atoms with Gasteiger partial charge in [-0.3, -0.25) is 0 Å². The van der Waals surface area contributed by atoms with Crippen LogP contribution in [-0.2, 0) is 6.42 Å². The van der Waals surface area contributed by atoms with E-state index in [-0.39, 0.29) is 0 Å². The molecule has 1 heterocycles. The first-order valence-corrected chi connectivity index (χ1v) is 9.89. The van der Waals surface area contributed by atoms with Crippen LogP contribution in [0.15, 0.2) is 41.6 Å². The van der Waals surface area contributed by atoms with Crippen LogP contribution in [0, 0.1) is 0 Å². The molecule has 1 aliphatic heterocycles. The smallest absolute Gasteiger partial charge is 0.155 e. The van der Waals surface area contributed by atoms with E-state index in [2.05, 4.69) is 43.4 Å². The third-order valence-electron chi connectivity index (χ3n) is 4.49. The van der Waals surface area contributed by atoms with E-state index in [0.717, 1.165) is 18.9 Å². The number of hydrogen-bond donors (Lipinski definition) is 0. The van der Waals surface area contributed by atoms with Crippen LogP contribution in [0.25, 0.3) is 10.8 Å². The van der Waals surface area contributed by atoms with Crippen molar-refractivity contribution in [3.05, 3.63) is 58.3 Å². The molecule has 1 aromatic rings. The van der Waals surface area contributed by atoms with Crippen molar-refractivity contribution >= 4 is 29.2 Å². The Hall–Kier alpha value is -1.05. The number of benzene rings is 1. The van der Waals surface area contributed by atoms with E-state index in [1.54, 1.807) is 10.4 Å². The fourth-order valence-electron chi connectivity index (χ4n) is 3.47. The van der Waals surface area contributed by atoms with Crippen molar-refractivity contribution in [3.8, 4) is 0 Å². The maximum absolute atomic E-state index is 6.83. The zero-order chi connectivity index (χ0) is 12.3. The first-order valence-electron chi connectivity index (χ1n) is 6.67. The van der Waals surface area contributed by atoms with Crippen LogP contribution in [0.3, 0.4) is 0 Å². The van der Waals surface area contributed by atoms with Gasteiger partial charge >= 0.3 is 0 Å². The SMILES string of the molecule is CC[Si]1(Cl)C2=C1c1c(cccc1C1=CC=CC1)C2. The zero-order valence-corrected chi connectivity index (χ0v) is 12.2. The van der Waals surface area contributed by atoms with Crippen LogP contribution in [0.2, 0.25) is 6.04 Å². The van der Waals surface area contributed by atoms with Gasteiger partial charge in [0.05, 0.1) is 0 Å². The Balaban J connectivity index is 1.85. The molecule has 0 bridgehead atoms. The summed E-state index contributed by atoms with van der Waals surface area (Å²) in [7, 11) is -1.60. The van der Waals surface area contributed by atoms with Crippen molar-refractivity contribution < 1.29 is 0 Å². The molecule has 0 N–H and O–H groups in total. The number of fused-ring (bicyclic) bond motifs is 2. The lowest BCUT2D eigenvalue weighted by atomic mass is 9.96. The molecule has 1 unspecified atom stereocenters. The van der Waals surface area contributed by atoms with E-state index >= 15 is 0 Å². The molecule has 0 nitrogen and oxygen atoms in total. The number of hydrogen-bond acceptors (Lipinski definition) is 0. The van der Waals surface area contributed by atoms with Gasteiger partial charge in [-0.25, -0.2) is 0 Å². The number of allylic oxidation sites excluding steroid dienone is 5. The lowest BCUT2D eigenvalue weighted by Crippen LogP contribution is -2.16. The van der Waals surface area contributed by atoms with Crippen molar-refractivity contribution in [2.75, 3.05) is 0 Å². The molecule has 0 fully saturated rings. The fourth-order valence-corrected chi connectivity index (χ4v) is 7.98. The normalized spacial score (nSPS) is 27.3. The van der Waals surface area contributed by atoms with Crippen molar-refractivity contribution in [2.24, 2.45) is 0 Å². The van der Waals surface area contributed by atoms with E-state index < -0.39 is 7.38 Å². The highest BCUT2D eigenvalue weighted by Crippen LogP contribution is 2.61. The second kappa shape index (κ2) is 3.49. The summed E-state index contributed by atoms with van der Waals surface area (Å²) < 4.78 is 0. The third-order valence-corrected chi connectivity index (χ3v) is 9.99. The predicted octanol–water partition coefficient (Wildman–Crippen LogP) is 4.64. The summed E-state index contributed by atoms with van der Waals surface area (Å²) in [5.74, 6) is 0. The molecule has 0 aromatic heterocycles. The number of rotatable bonds is 2. The minimum atomic E-state index is -1.60. The molecule has 4 rings (SSSR count). The van der Waals surface area contributed by atoms with Gasteiger partial charge in [-0.1, -0.05) is 48.5 Å². The van der Waals surface area contributed by atoms with Gasteiger partial charge in [-0.15, -0.1) is 0 Å². The van der Waals surface area contributed by atoms with Crippen molar-refractivity contribution in [1.82, 2.24) is 0 Å². The number of halogens is 1. The Labute approximate surface area is 113 Å². The Morgan fingerprint density at radius 1 is 1.33 bits per heavy atom. The van der Waals surface area contributed by atoms with Crippen LogP contribution < -0.4 is 0 Å². The molecule has 18 heavy (non-hydrogen) atoms. The molecular formula is C16H15ClSi. The summed E-state index contributed by atoms with van der Waals surface area (Å²) in [6.45, 7) is 2.25. The van der Waals surface area contributed by atoms with Crippen molar-refractivity contribution in [2.45, 2.75) is 25.8 Å². The lowest BCUT2D eigenvalue weighted by Gasteiger charge is -2.17. The van der Waals surface area contributed by atoms with Crippen LogP contribution in [0.1, 0.15) is 30.0 Å². The summed E-state index contributed by atoms with van der Waals surface area (Å²) >= 11 is 6.83. The molecule has 90 valence electrons. The second-order valence-corrected chi connectivity index (χ2v) is 10.7. The highest BCUT2D eigenvalue weighted by atomic mass is 35.6. The molecule has 2 aliphatic carbocycles. The maximum atomic E-state index is 6.83. The fraction of sp³-hybridized carbons (Fsp3) is 0.250. The highest BCUT2D eigenvalue weighted by Gasteiger charge is 2.57. The van der Waals surface area contributed by atoms with Gasteiger partial charge in [0.25, 0.3) is 0 Å². The second-order valence-electron chi connectivity index (χ2n) is 5.35. The van der Waals surface area contributed by atoms with E-state index in [1.165, 1.54) is 22.3 Å². The van der Waals surface area contributed by atoms with Crippen LogP contribution in [-0.4, -0.2) is 7.38 Å². The molecule has 0 spiro atoms. The summed E-state index contributed by atoms with van der Waals surface area (Å²) in [6, 6.07) is 7.90. The van der Waals surface area contributed by atoms with E-state index in [0.29, 0.717) is 0 Å². The Morgan fingerprint density at radius 2 is 2.22 bits per heavy atom. The molecule has 0 amide bonds. The van der Waals surface area contributed by atoms with Crippen LogP contribution >= 0.6 is 11.1 Å². The van der Waals surface area contributed by atoms with Gasteiger partial charge in [0, 0.05) is 0 Å². The first kappa shape index (κ1) is 10.8. The van der Waals surface area contributed by atoms with Gasteiger partial charge in [0.1, 0.15) is 0 Å². The monoisotopic (exact) mass is 270 g/mol. The molecule has 0 saturated heterocycles. The summed E-state index contributed by atoms with van der Waals surface area (Å²) in [5.41, 5.74) is 5.90. The van der Waals surface area contributed by atoms with Gasteiger partial charge in [-0.05, 0) is 46.3 Å². The van der Waals surface area contributed by atoms with Gasteiger partial charge < -0.3 is 0 Å². The predicted molar refractivity (Wildman–Crippen MR) is 80.9 cm³/mol. The summed E-state index contributed by atoms with van der Waals surface area (Å²) in [4.78, 5) is 0. The van der Waals surface area contributed by atoms with Gasteiger partial charge in [-0.2, -0.15) is 11.1 Å². The lowest BCUT2D eigenvalue weighted by molar-refractivity contribution is 1.25. The molecule has 0 radical (unpaired) electrons. The third kappa shape index (κ3) is 1.21. The molecule has 3 aliphatic rings. The molecule has 0 saturated carbocycles. The average Bonchev–Trinajstić information content (AvgIpc) is 2.89.